The van der Waals surface area contributed by atoms with Crippen LogP contribution in [-0.4, -0.2) is 19.6 Å². The molecule has 0 aliphatic carbocycles. The summed E-state index contributed by atoms with van der Waals surface area (Å²) < 4.78 is 5.09. The third-order valence-electron chi connectivity index (χ3n) is 3.54. The second-order valence-corrected chi connectivity index (χ2v) is 5.09. The van der Waals surface area contributed by atoms with Crippen LogP contribution < -0.4 is 15.4 Å². The molecule has 0 spiro atoms. The number of hydrogen-bond acceptors (Lipinski definition) is 3. The molecule has 0 aromatic heterocycles. The van der Waals surface area contributed by atoms with Gasteiger partial charge in [0.1, 0.15) is 5.75 Å². The zero-order chi connectivity index (χ0) is 15.9. The first kappa shape index (κ1) is 15.9. The highest BCUT2D eigenvalue weighted by molar-refractivity contribution is 5.94. The van der Waals surface area contributed by atoms with E-state index in [0.29, 0.717) is 0 Å². The Morgan fingerprint density at radius 1 is 1.14 bits per heavy atom. The first-order valence-electron chi connectivity index (χ1n) is 7.40. The van der Waals surface area contributed by atoms with Crippen LogP contribution in [0.5, 0.6) is 5.75 Å². The van der Waals surface area contributed by atoms with Gasteiger partial charge in [-0.3, -0.25) is 4.79 Å². The van der Waals surface area contributed by atoms with Crippen molar-refractivity contribution in [3.05, 3.63) is 53.6 Å². The molecule has 2 rings (SSSR count). The largest absolute Gasteiger partial charge is 0.497 e. The molecule has 1 amide bonds. The number of aryl methyl sites for hydroxylation is 2. The summed E-state index contributed by atoms with van der Waals surface area (Å²) in [6.45, 7) is 4.39. The van der Waals surface area contributed by atoms with Crippen LogP contribution in [0.15, 0.2) is 42.5 Å². The molecule has 0 fully saturated rings. The van der Waals surface area contributed by atoms with Gasteiger partial charge in [-0.2, -0.15) is 0 Å². The lowest BCUT2D eigenvalue weighted by Crippen LogP contribution is -2.22. The maximum atomic E-state index is 12.0. The van der Waals surface area contributed by atoms with Crippen molar-refractivity contribution in [3.63, 3.8) is 0 Å². The Morgan fingerprint density at radius 2 is 1.86 bits per heavy atom. The topological polar surface area (TPSA) is 50.4 Å². The number of anilines is 2. The summed E-state index contributed by atoms with van der Waals surface area (Å²) in [6, 6.07) is 13.4. The summed E-state index contributed by atoms with van der Waals surface area (Å²) in [6.07, 6.45) is 0.935. The van der Waals surface area contributed by atoms with Crippen LogP contribution in [0, 0.1) is 6.92 Å². The molecule has 0 saturated carbocycles. The van der Waals surface area contributed by atoms with Crippen LogP contribution in [0.25, 0.3) is 0 Å². The van der Waals surface area contributed by atoms with Crippen molar-refractivity contribution in [1.29, 1.82) is 0 Å². The van der Waals surface area contributed by atoms with E-state index in [1.54, 1.807) is 7.11 Å². The number of rotatable bonds is 6. The molecule has 0 aliphatic rings. The molecule has 22 heavy (non-hydrogen) atoms. The van der Waals surface area contributed by atoms with E-state index >= 15 is 0 Å². The minimum atomic E-state index is -0.0736. The molecule has 0 aliphatic heterocycles. The van der Waals surface area contributed by atoms with E-state index in [1.165, 1.54) is 5.56 Å². The molecular formula is C18H22N2O2. The number of amides is 1. The molecule has 2 aromatic rings. The highest BCUT2D eigenvalue weighted by Gasteiger charge is 2.07. The van der Waals surface area contributed by atoms with E-state index in [-0.39, 0.29) is 12.5 Å². The van der Waals surface area contributed by atoms with E-state index in [9.17, 15) is 4.79 Å². The lowest BCUT2D eigenvalue weighted by molar-refractivity contribution is -0.114. The summed E-state index contributed by atoms with van der Waals surface area (Å²) in [7, 11) is 1.62. The van der Waals surface area contributed by atoms with Gasteiger partial charge in [-0.1, -0.05) is 25.1 Å². The van der Waals surface area contributed by atoms with E-state index < -0.39 is 0 Å². The summed E-state index contributed by atoms with van der Waals surface area (Å²) in [5.74, 6) is 0.694. The highest BCUT2D eigenvalue weighted by atomic mass is 16.5. The Balaban J connectivity index is 1.95. The van der Waals surface area contributed by atoms with Gasteiger partial charge in [0.15, 0.2) is 0 Å². The standard InChI is InChI=1S/C18H22N2O2/c1-4-14-7-5-6-13(2)18(14)19-12-17(21)20-15-8-10-16(22-3)11-9-15/h5-11,19H,4,12H2,1-3H3,(H,20,21). The summed E-state index contributed by atoms with van der Waals surface area (Å²) in [5, 5.41) is 6.10. The molecule has 0 heterocycles. The molecule has 0 bridgehead atoms. The maximum absolute atomic E-state index is 12.0. The average Bonchev–Trinajstić information content (AvgIpc) is 2.54. The van der Waals surface area contributed by atoms with Gasteiger partial charge in [0.05, 0.1) is 13.7 Å². The zero-order valence-corrected chi connectivity index (χ0v) is 13.3. The number of carbonyl (C=O) groups is 1. The fraction of sp³-hybridized carbons (Fsp3) is 0.278. The van der Waals surface area contributed by atoms with Gasteiger partial charge in [-0.25, -0.2) is 0 Å². The number of carbonyl (C=O) groups excluding carboxylic acids is 1. The Labute approximate surface area is 131 Å². The summed E-state index contributed by atoms with van der Waals surface area (Å²) in [4.78, 5) is 12.0. The molecule has 2 N–H and O–H groups in total. The SMILES string of the molecule is CCc1cccc(C)c1NCC(=O)Nc1ccc(OC)cc1. The first-order chi connectivity index (χ1) is 10.6. The van der Waals surface area contributed by atoms with Gasteiger partial charge in [-0.05, 0) is 48.7 Å². The van der Waals surface area contributed by atoms with Crippen molar-refractivity contribution >= 4 is 17.3 Å². The van der Waals surface area contributed by atoms with Crippen LogP contribution in [0.3, 0.4) is 0 Å². The van der Waals surface area contributed by atoms with Crippen molar-refractivity contribution in [3.8, 4) is 5.75 Å². The van der Waals surface area contributed by atoms with Crippen LogP contribution >= 0.6 is 0 Å². The fourth-order valence-corrected chi connectivity index (χ4v) is 2.32. The smallest absolute Gasteiger partial charge is 0.243 e. The molecule has 116 valence electrons. The Hall–Kier alpha value is -2.49. The quantitative estimate of drug-likeness (QED) is 0.856. The van der Waals surface area contributed by atoms with Crippen LogP contribution in [0.1, 0.15) is 18.1 Å². The number of ether oxygens (including phenoxy) is 1. The monoisotopic (exact) mass is 298 g/mol. The fourth-order valence-electron chi connectivity index (χ4n) is 2.32. The van der Waals surface area contributed by atoms with Crippen LogP contribution in [-0.2, 0) is 11.2 Å². The number of methoxy groups -OCH3 is 1. The van der Waals surface area contributed by atoms with Crippen LogP contribution in [0.2, 0.25) is 0 Å². The molecule has 0 unspecified atom stereocenters. The maximum Gasteiger partial charge on any atom is 0.243 e. The normalized spacial score (nSPS) is 10.1. The molecule has 0 atom stereocenters. The van der Waals surface area contributed by atoms with E-state index in [4.69, 9.17) is 4.74 Å². The third kappa shape index (κ3) is 4.01. The van der Waals surface area contributed by atoms with E-state index in [2.05, 4.69) is 23.6 Å². The number of nitrogens with one attached hydrogen (secondary N) is 2. The predicted molar refractivity (Wildman–Crippen MR) is 90.7 cm³/mol. The molecule has 0 radical (unpaired) electrons. The number of hydrogen-bond donors (Lipinski definition) is 2. The molecule has 2 aromatic carbocycles. The van der Waals surface area contributed by atoms with Gasteiger partial charge < -0.3 is 15.4 Å². The lowest BCUT2D eigenvalue weighted by atomic mass is 10.1. The average molecular weight is 298 g/mol. The van der Waals surface area contributed by atoms with E-state index in [0.717, 1.165) is 29.1 Å². The van der Waals surface area contributed by atoms with Gasteiger partial charge >= 0.3 is 0 Å². The molecule has 4 nitrogen and oxygen atoms in total. The van der Waals surface area contributed by atoms with Crippen molar-refractivity contribution in [2.45, 2.75) is 20.3 Å². The van der Waals surface area contributed by atoms with E-state index in [1.807, 2.05) is 43.3 Å². The van der Waals surface area contributed by atoms with Crippen molar-refractivity contribution in [2.75, 3.05) is 24.3 Å². The Kier molecular flexibility index (Phi) is 5.42. The predicted octanol–water partition coefficient (Wildman–Crippen LogP) is 3.62. The van der Waals surface area contributed by atoms with Gasteiger partial charge in [0, 0.05) is 11.4 Å². The molecular weight excluding hydrogens is 276 g/mol. The second kappa shape index (κ2) is 7.50. The van der Waals surface area contributed by atoms with Gasteiger partial charge in [0.2, 0.25) is 5.91 Å². The zero-order valence-electron chi connectivity index (χ0n) is 13.3. The van der Waals surface area contributed by atoms with Gasteiger partial charge in [-0.15, -0.1) is 0 Å². The third-order valence-corrected chi connectivity index (χ3v) is 3.54. The summed E-state index contributed by atoms with van der Waals surface area (Å²) in [5.41, 5.74) is 4.18. The minimum absolute atomic E-state index is 0.0736. The number of para-hydroxylation sites is 1. The van der Waals surface area contributed by atoms with Crippen LogP contribution in [0.4, 0.5) is 11.4 Å². The lowest BCUT2D eigenvalue weighted by Gasteiger charge is -2.14. The Morgan fingerprint density at radius 3 is 2.50 bits per heavy atom. The van der Waals surface area contributed by atoms with Crippen molar-refractivity contribution in [1.82, 2.24) is 0 Å². The number of benzene rings is 2. The molecule has 0 saturated heterocycles. The first-order valence-corrected chi connectivity index (χ1v) is 7.40. The Bertz CT molecular complexity index is 636. The molecule has 4 heteroatoms. The summed E-state index contributed by atoms with van der Waals surface area (Å²) >= 11 is 0. The van der Waals surface area contributed by atoms with Crippen molar-refractivity contribution < 1.29 is 9.53 Å². The van der Waals surface area contributed by atoms with Gasteiger partial charge in [0.25, 0.3) is 0 Å². The second-order valence-electron chi connectivity index (χ2n) is 5.09. The highest BCUT2D eigenvalue weighted by Crippen LogP contribution is 2.21. The van der Waals surface area contributed by atoms with Crippen molar-refractivity contribution in [2.24, 2.45) is 0 Å². The minimum Gasteiger partial charge on any atom is -0.497 e.